The molecule has 1 aromatic heterocycles. The van der Waals surface area contributed by atoms with Crippen LogP contribution in [0.3, 0.4) is 0 Å². The van der Waals surface area contributed by atoms with Crippen molar-refractivity contribution in [1.82, 2.24) is 4.98 Å². The number of hydrogen-bond donors (Lipinski definition) is 1. The van der Waals surface area contributed by atoms with Crippen molar-refractivity contribution in [2.45, 2.75) is 64.4 Å². The average Bonchev–Trinajstić information content (AvgIpc) is 3.43. The smallest absolute Gasteiger partial charge is 0.189 e. The Bertz CT molecular complexity index is 1220. The molecule has 0 amide bonds. The fraction of sp³-hybridized carbons (Fsp3) is 0.552. The molecule has 1 aromatic carbocycles. The molecule has 0 aliphatic heterocycles. The predicted octanol–water partition coefficient (Wildman–Crippen LogP) is 5.81. The second-order valence-electron chi connectivity index (χ2n) is 11.7. The molecule has 0 saturated heterocycles. The Morgan fingerprint density at radius 2 is 1.86 bits per heavy atom. The second-order valence-corrected chi connectivity index (χ2v) is 12.5. The molecule has 1 N–H and O–H groups in total. The molecule has 0 spiro atoms. The Hall–Kier alpha value is -2.31. The maximum absolute atomic E-state index is 13.9. The molecule has 2 aromatic rings. The van der Waals surface area contributed by atoms with Crippen molar-refractivity contribution in [2.24, 2.45) is 28.6 Å². The van der Waals surface area contributed by atoms with Gasteiger partial charge in [0.15, 0.2) is 10.9 Å². The van der Waals surface area contributed by atoms with Gasteiger partial charge in [0.1, 0.15) is 11.4 Å². The van der Waals surface area contributed by atoms with Gasteiger partial charge in [0.25, 0.3) is 0 Å². The minimum atomic E-state index is -1.11. The Labute approximate surface area is 211 Å². The second kappa shape index (κ2) is 7.84. The summed E-state index contributed by atoms with van der Waals surface area (Å²) < 4.78 is 0. The number of nitrogens with zero attached hydrogens (tertiary/aromatic N) is 2. The number of anilines is 2. The number of aromatic nitrogens is 1. The lowest BCUT2D eigenvalue weighted by atomic mass is 9.46. The van der Waals surface area contributed by atoms with Gasteiger partial charge in [-0.3, -0.25) is 9.59 Å². The van der Waals surface area contributed by atoms with Crippen LogP contribution in [0.15, 0.2) is 47.4 Å². The van der Waals surface area contributed by atoms with Crippen molar-refractivity contribution in [2.75, 3.05) is 11.9 Å². The van der Waals surface area contributed by atoms with Crippen LogP contribution in [0, 0.1) is 28.6 Å². The Balaban J connectivity index is 1.33. The largest absolute Gasteiger partial charge is 0.383 e. The van der Waals surface area contributed by atoms with E-state index in [1.54, 1.807) is 11.3 Å². The molecule has 6 atom stereocenters. The number of para-hydroxylation sites is 1. The van der Waals surface area contributed by atoms with Gasteiger partial charge in [-0.05, 0) is 67.6 Å². The molecule has 0 radical (unpaired) electrons. The van der Waals surface area contributed by atoms with Gasteiger partial charge in [-0.15, -0.1) is 11.3 Å². The monoisotopic (exact) mass is 490 g/mol. The lowest BCUT2D eigenvalue weighted by Gasteiger charge is -2.57. The number of carbonyl (C=O) groups is 2. The standard InChI is InChI=1S/C29H34N2O3S/c1-27-13-11-20(32)15-18(27)9-10-21-22-12-14-29(34,28(22,2)16-23(33)25(21)27)24-17-35-26(30-24)31(3)19-7-5-4-6-8-19/h4-8,15,17,21-22,25,34H,9-14,16H2,1-3H3/t21-,22-,25+,27-,28-,29-/m0/s1. The van der Waals surface area contributed by atoms with Crippen molar-refractivity contribution in [1.29, 1.82) is 0 Å². The molecular formula is C29H34N2O3S. The Morgan fingerprint density at radius 3 is 2.63 bits per heavy atom. The van der Waals surface area contributed by atoms with Crippen LogP contribution >= 0.6 is 11.3 Å². The molecule has 5 nitrogen and oxygen atoms in total. The average molecular weight is 491 g/mol. The van der Waals surface area contributed by atoms with Crippen molar-refractivity contribution >= 4 is 33.7 Å². The maximum atomic E-state index is 13.9. The van der Waals surface area contributed by atoms with Gasteiger partial charge in [0.2, 0.25) is 0 Å². The summed E-state index contributed by atoms with van der Waals surface area (Å²) in [5.41, 5.74) is 1.11. The fourth-order valence-electron chi connectivity index (χ4n) is 8.18. The number of rotatable bonds is 3. The van der Waals surface area contributed by atoms with Crippen LogP contribution in [-0.4, -0.2) is 28.7 Å². The number of aliphatic hydroxyl groups is 1. The van der Waals surface area contributed by atoms with Gasteiger partial charge in [0.05, 0.1) is 5.69 Å². The van der Waals surface area contributed by atoms with E-state index in [9.17, 15) is 14.7 Å². The first kappa shape index (κ1) is 23.1. The molecule has 4 aliphatic carbocycles. The van der Waals surface area contributed by atoms with Crippen LogP contribution in [0.4, 0.5) is 10.8 Å². The van der Waals surface area contributed by atoms with E-state index >= 15 is 0 Å². The van der Waals surface area contributed by atoms with Gasteiger partial charge < -0.3 is 10.0 Å². The summed E-state index contributed by atoms with van der Waals surface area (Å²) >= 11 is 1.54. The molecule has 0 bridgehead atoms. The first-order valence-electron chi connectivity index (χ1n) is 12.9. The third kappa shape index (κ3) is 3.18. The number of allylic oxidation sites excluding steroid dienone is 1. The Morgan fingerprint density at radius 1 is 1.09 bits per heavy atom. The predicted molar refractivity (Wildman–Crippen MR) is 138 cm³/mol. The topological polar surface area (TPSA) is 70.5 Å². The number of thiazole rings is 1. The summed E-state index contributed by atoms with van der Waals surface area (Å²) in [4.78, 5) is 33.0. The summed E-state index contributed by atoms with van der Waals surface area (Å²) in [5, 5.41) is 15.1. The van der Waals surface area contributed by atoms with Gasteiger partial charge in [0, 0.05) is 42.3 Å². The van der Waals surface area contributed by atoms with E-state index in [1.165, 1.54) is 5.57 Å². The molecule has 0 unspecified atom stereocenters. The Kier molecular flexibility index (Phi) is 5.18. The minimum Gasteiger partial charge on any atom is -0.383 e. The van der Waals surface area contributed by atoms with Crippen molar-refractivity contribution in [3.63, 3.8) is 0 Å². The summed E-state index contributed by atoms with van der Waals surface area (Å²) in [6.07, 6.45) is 6.92. The SMILES string of the molecule is CN(c1ccccc1)c1nc([C@@]2(O)CC[C@H]3[C@@H]4CCC5=CC(=O)CC[C@]5(C)[C@H]4C(=O)C[C@@]32C)cs1. The van der Waals surface area contributed by atoms with Crippen LogP contribution in [0.2, 0.25) is 0 Å². The van der Waals surface area contributed by atoms with Crippen LogP contribution in [0.25, 0.3) is 0 Å². The number of hydrogen-bond acceptors (Lipinski definition) is 6. The van der Waals surface area contributed by atoms with E-state index in [-0.39, 0.29) is 34.7 Å². The highest BCUT2D eigenvalue weighted by molar-refractivity contribution is 7.13. The normalized spacial score (nSPS) is 38.4. The fourth-order valence-corrected chi connectivity index (χ4v) is 9.06. The lowest BCUT2D eigenvalue weighted by Crippen LogP contribution is -2.57. The van der Waals surface area contributed by atoms with Gasteiger partial charge >= 0.3 is 0 Å². The molecule has 4 aliphatic rings. The first-order chi connectivity index (χ1) is 16.7. The van der Waals surface area contributed by atoms with Gasteiger partial charge in [-0.2, -0.15) is 0 Å². The zero-order valence-electron chi connectivity index (χ0n) is 20.8. The van der Waals surface area contributed by atoms with E-state index in [1.807, 2.05) is 48.8 Å². The maximum Gasteiger partial charge on any atom is 0.189 e. The van der Waals surface area contributed by atoms with Crippen molar-refractivity contribution in [3.8, 4) is 0 Å². The molecule has 184 valence electrons. The van der Waals surface area contributed by atoms with Crippen molar-refractivity contribution < 1.29 is 14.7 Å². The van der Waals surface area contributed by atoms with Gasteiger partial charge in [-0.1, -0.05) is 37.6 Å². The molecular weight excluding hydrogens is 456 g/mol. The third-order valence-electron chi connectivity index (χ3n) is 10.2. The lowest BCUT2D eigenvalue weighted by molar-refractivity contribution is -0.162. The number of carbonyl (C=O) groups excluding carboxylic acids is 2. The van der Waals surface area contributed by atoms with E-state index in [0.717, 1.165) is 36.5 Å². The zero-order chi connectivity index (χ0) is 24.6. The highest BCUT2D eigenvalue weighted by atomic mass is 32.1. The molecule has 6 rings (SSSR count). The molecule has 3 fully saturated rings. The highest BCUT2D eigenvalue weighted by Gasteiger charge is 2.67. The summed E-state index contributed by atoms with van der Waals surface area (Å²) in [6.45, 7) is 4.35. The van der Waals surface area contributed by atoms with Crippen LogP contribution in [-0.2, 0) is 15.2 Å². The van der Waals surface area contributed by atoms with Crippen LogP contribution in [0.5, 0.6) is 0 Å². The molecule has 6 heteroatoms. The van der Waals surface area contributed by atoms with E-state index in [4.69, 9.17) is 4.98 Å². The third-order valence-corrected chi connectivity index (χ3v) is 11.1. The quantitative estimate of drug-likeness (QED) is 0.588. The zero-order valence-corrected chi connectivity index (χ0v) is 21.6. The summed E-state index contributed by atoms with van der Waals surface area (Å²) in [6, 6.07) is 10.1. The van der Waals surface area contributed by atoms with Crippen molar-refractivity contribution in [3.05, 3.63) is 53.1 Å². The minimum absolute atomic E-state index is 0.0359. The number of ketones is 2. The molecule has 35 heavy (non-hydrogen) atoms. The van der Waals surface area contributed by atoms with E-state index in [2.05, 4.69) is 18.7 Å². The summed E-state index contributed by atoms with van der Waals surface area (Å²) in [7, 11) is 2.00. The highest BCUT2D eigenvalue weighted by Crippen LogP contribution is 2.68. The summed E-state index contributed by atoms with van der Waals surface area (Å²) in [5.74, 6) is 0.984. The van der Waals surface area contributed by atoms with E-state index < -0.39 is 11.0 Å². The number of Topliss-reactive ketones (excluding diaryl/α,β-unsaturated/α-hetero) is 1. The first-order valence-corrected chi connectivity index (χ1v) is 13.8. The van der Waals surface area contributed by atoms with E-state index in [0.29, 0.717) is 25.0 Å². The molecule has 1 heterocycles. The molecule has 3 saturated carbocycles. The van der Waals surface area contributed by atoms with Crippen LogP contribution < -0.4 is 4.90 Å². The number of benzene rings is 1. The van der Waals surface area contributed by atoms with Crippen LogP contribution in [0.1, 0.15) is 64.5 Å². The van der Waals surface area contributed by atoms with Gasteiger partial charge in [-0.25, -0.2) is 4.98 Å². The number of fused-ring (bicyclic) bond motifs is 5.